The van der Waals surface area contributed by atoms with Crippen LogP contribution in [0, 0.1) is 0 Å². The molecule has 166 valence electrons. The summed E-state index contributed by atoms with van der Waals surface area (Å²) in [4.78, 5) is 4.38. The predicted octanol–water partition coefficient (Wildman–Crippen LogP) is 3.77. The Labute approximate surface area is 196 Å². The second-order valence-corrected chi connectivity index (χ2v) is 6.21. The number of guanidine groups is 1. The Hall–Kier alpha value is -2.36. The Morgan fingerprint density at radius 3 is 2.13 bits per heavy atom. The highest BCUT2D eigenvalue weighted by atomic mass is 127. The van der Waals surface area contributed by atoms with Crippen LogP contribution in [0.2, 0.25) is 0 Å². The molecule has 0 spiro atoms. The van der Waals surface area contributed by atoms with Gasteiger partial charge in [-0.15, -0.1) is 24.0 Å². The van der Waals surface area contributed by atoms with Crippen molar-refractivity contribution in [2.45, 2.75) is 26.8 Å². The van der Waals surface area contributed by atoms with Crippen LogP contribution < -0.4 is 30.0 Å². The number of rotatable bonds is 11. The first-order valence-corrected chi connectivity index (χ1v) is 9.74. The monoisotopic (exact) mass is 529 g/mol. The van der Waals surface area contributed by atoms with E-state index in [1.807, 2.05) is 50.2 Å². The van der Waals surface area contributed by atoms with Crippen LogP contribution in [-0.2, 0) is 13.0 Å². The first-order valence-electron chi connectivity index (χ1n) is 9.74. The van der Waals surface area contributed by atoms with Gasteiger partial charge in [0.25, 0.3) is 0 Å². The normalized spacial score (nSPS) is 10.7. The van der Waals surface area contributed by atoms with E-state index in [-0.39, 0.29) is 24.0 Å². The van der Waals surface area contributed by atoms with Crippen LogP contribution in [0.1, 0.15) is 25.0 Å². The van der Waals surface area contributed by atoms with Crippen LogP contribution in [0.25, 0.3) is 0 Å². The van der Waals surface area contributed by atoms with Crippen molar-refractivity contribution in [1.82, 2.24) is 5.32 Å². The molecular weight excluding hydrogens is 497 g/mol. The van der Waals surface area contributed by atoms with Crippen molar-refractivity contribution in [2.75, 3.05) is 34.0 Å². The van der Waals surface area contributed by atoms with Crippen LogP contribution in [0.4, 0.5) is 0 Å². The molecule has 0 heterocycles. The molecule has 8 heteroatoms. The van der Waals surface area contributed by atoms with Gasteiger partial charge in [-0.05, 0) is 55.7 Å². The van der Waals surface area contributed by atoms with Crippen molar-refractivity contribution >= 4 is 29.9 Å². The Balaban J connectivity index is 0.00000450. The summed E-state index contributed by atoms with van der Waals surface area (Å²) in [6.07, 6.45) is 0.791. The number of hydrogen-bond donors (Lipinski definition) is 2. The summed E-state index contributed by atoms with van der Waals surface area (Å²) in [5, 5.41) is 3.14. The van der Waals surface area contributed by atoms with Gasteiger partial charge in [-0.1, -0.05) is 12.1 Å². The number of methoxy groups -OCH3 is 2. The maximum Gasteiger partial charge on any atom is 0.188 e. The van der Waals surface area contributed by atoms with E-state index in [4.69, 9.17) is 24.7 Å². The minimum atomic E-state index is 0. The van der Waals surface area contributed by atoms with Gasteiger partial charge in [0, 0.05) is 6.54 Å². The average molecular weight is 529 g/mol. The second kappa shape index (κ2) is 13.8. The van der Waals surface area contributed by atoms with Crippen molar-refractivity contribution in [1.29, 1.82) is 0 Å². The third kappa shape index (κ3) is 7.81. The summed E-state index contributed by atoms with van der Waals surface area (Å²) >= 11 is 0. The lowest BCUT2D eigenvalue weighted by atomic mass is 10.1. The molecule has 0 amide bonds. The number of hydrogen-bond acceptors (Lipinski definition) is 5. The molecule has 0 atom stereocenters. The van der Waals surface area contributed by atoms with Crippen molar-refractivity contribution in [3.05, 3.63) is 47.5 Å². The maximum atomic E-state index is 5.99. The lowest BCUT2D eigenvalue weighted by molar-refractivity contribution is 0.287. The van der Waals surface area contributed by atoms with Crippen molar-refractivity contribution < 1.29 is 18.9 Å². The molecule has 0 aliphatic carbocycles. The highest BCUT2D eigenvalue weighted by molar-refractivity contribution is 14.0. The molecular formula is C22H32IN3O4. The average Bonchev–Trinajstić information content (AvgIpc) is 2.74. The number of nitrogens with zero attached hydrogens (tertiary/aromatic N) is 1. The second-order valence-electron chi connectivity index (χ2n) is 6.21. The first kappa shape index (κ1) is 25.7. The van der Waals surface area contributed by atoms with Gasteiger partial charge >= 0.3 is 0 Å². The topological polar surface area (TPSA) is 87.3 Å². The Kier molecular flexibility index (Phi) is 11.8. The number of halogens is 1. The third-order valence-corrected chi connectivity index (χ3v) is 4.21. The van der Waals surface area contributed by atoms with E-state index in [1.54, 1.807) is 14.2 Å². The number of aliphatic imine (C=N–C) groups is 1. The summed E-state index contributed by atoms with van der Waals surface area (Å²) < 4.78 is 21.8. The highest BCUT2D eigenvalue weighted by Crippen LogP contribution is 2.29. The molecule has 0 saturated heterocycles. The standard InChI is InChI=1S/C22H31N3O4.HI/c1-5-28-19-10-7-16(13-21(19)29-6-2)11-12-24-22(23)25-15-17-8-9-18(26-3)20(14-17)27-4;/h7-10,13-14H,5-6,11-12,15H2,1-4H3,(H3,23,24,25);1H. The molecule has 0 aliphatic rings. The number of ether oxygens (including phenoxy) is 4. The zero-order chi connectivity index (χ0) is 21.1. The van der Waals surface area contributed by atoms with E-state index in [9.17, 15) is 0 Å². The van der Waals surface area contributed by atoms with Crippen molar-refractivity contribution in [3.63, 3.8) is 0 Å². The summed E-state index contributed by atoms with van der Waals surface area (Å²) in [5.74, 6) is 3.29. The zero-order valence-corrected chi connectivity index (χ0v) is 20.4. The summed E-state index contributed by atoms with van der Waals surface area (Å²) in [7, 11) is 3.22. The highest BCUT2D eigenvalue weighted by Gasteiger charge is 2.07. The van der Waals surface area contributed by atoms with Gasteiger partial charge in [-0.2, -0.15) is 0 Å². The molecule has 7 nitrogen and oxygen atoms in total. The number of benzene rings is 2. The van der Waals surface area contributed by atoms with E-state index in [0.717, 1.165) is 29.0 Å². The minimum absolute atomic E-state index is 0. The molecule has 0 radical (unpaired) electrons. The van der Waals surface area contributed by atoms with Gasteiger partial charge in [0.2, 0.25) is 0 Å². The Morgan fingerprint density at radius 2 is 1.47 bits per heavy atom. The van der Waals surface area contributed by atoms with Crippen molar-refractivity contribution in [3.8, 4) is 23.0 Å². The Morgan fingerprint density at radius 1 is 0.867 bits per heavy atom. The van der Waals surface area contributed by atoms with Gasteiger partial charge in [0.15, 0.2) is 29.0 Å². The predicted molar refractivity (Wildman–Crippen MR) is 131 cm³/mol. The Bertz CT molecular complexity index is 815. The molecule has 30 heavy (non-hydrogen) atoms. The van der Waals surface area contributed by atoms with Gasteiger partial charge in [-0.3, -0.25) is 0 Å². The largest absolute Gasteiger partial charge is 0.493 e. The number of nitrogens with two attached hydrogens (primary N) is 1. The van der Waals surface area contributed by atoms with Crippen LogP contribution >= 0.6 is 24.0 Å². The number of nitrogens with one attached hydrogen (secondary N) is 1. The lowest BCUT2D eigenvalue weighted by Gasteiger charge is -2.13. The van der Waals surface area contributed by atoms with E-state index in [2.05, 4.69) is 10.3 Å². The molecule has 3 N–H and O–H groups in total. The summed E-state index contributed by atoms with van der Waals surface area (Å²) in [6, 6.07) is 11.7. The van der Waals surface area contributed by atoms with Crippen LogP contribution in [-0.4, -0.2) is 39.9 Å². The van der Waals surface area contributed by atoms with Crippen molar-refractivity contribution in [2.24, 2.45) is 10.7 Å². The molecule has 0 unspecified atom stereocenters. The molecule has 2 rings (SSSR count). The fourth-order valence-corrected chi connectivity index (χ4v) is 2.80. The van der Waals surface area contributed by atoms with Crippen LogP contribution in [0.5, 0.6) is 23.0 Å². The van der Waals surface area contributed by atoms with E-state index in [1.165, 1.54) is 0 Å². The van der Waals surface area contributed by atoms with Gasteiger partial charge in [-0.25, -0.2) is 4.99 Å². The van der Waals surface area contributed by atoms with Crippen LogP contribution in [0.3, 0.4) is 0 Å². The van der Waals surface area contributed by atoms with Crippen LogP contribution in [0.15, 0.2) is 41.4 Å². The molecule has 0 aromatic heterocycles. The summed E-state index contributed by atoms with van der Waals surface area (Å²) in [5.41, 5.74) is 8.11. The van der Waals surface area contributed by atoms with Gasteiger partial charge in [0.05, 0.1) is 34.0 Å². The quantitative estimate of drug-likeness (QED) is 0.262. The van der Waals surface area contributed by atoms with E-state index < -0.39 is 0 Å². The lowest BCUT2D eigenvalue weighted by Crippen LogP contribution is -2.33. The molecule has 2 aromatic carbocycles. The third-order valence-electron chi connectivity index (χ3n) is 4.21. The molecule has 2 aromatic rings. The zero-order valence-electron chi connectivity index (χ0n) is 18.1. The fourth-order valence-electron chi connectivity index (χ4n) is 2.80. The maximum absolute atomic E-state index is 5.99. The minimum Gasteiger partial charge on any atom is -0.493 e. The molecule has 0 bridgehead atoms. The van der Waals surface area contributed by atoms with E-state index in [0.29, 0.717) is 43.8 Å². The SMILES string of the molecule is CCOc1ccc(CCNC(N)=NCc2ccc(OC)c(OC)c2)cc1OCC.I. The van der Waals surface area contributed by atoms with Gasteiger partial charge < -0.3 is 30.0 Å². The van der Waals surface area contributed by atoms with E-state index >= 15 is 0 Å². The van der Waals surface area contributed by atoms with Gasteiger partial charge in [0.1, 0.15) is 0 Å². The molecule has 0 fully saturated rings. The summed E-state index contributed by atoms with van der Waals surface area (Å²) in [6.45, 7) is 6.24. The smallest absolute Gasteiger partial charge is 0.188 e. The molecule has 0 aliphatic heterocycles. The molecule has 0 saturated carbocycles. The first-order chi connectivity index (χ1) is 14.1. The fraction of sp³-hybridized carbons (Fsp3) is 0.409.